The normalized spacial score (nSPS) is 16.3. The van der Waals surface area contributed by atoms with Crippen molar-refractivity contribution in [1.82, 2.24) is 4.98 Å². The molecule has 18 heavy (non-hydrogen) atoms. The second kappa shape index (κ2) is 5.12. The van der Waals surface area contributed by atoms with Crippen LogP contribution in [0.3, 0.4) is 0 Å². The summed E-state index contributed by atoms with van der Waals surface area (Å²) in [7, 11) is 0. The summed E-state index contributed by atoms with van der Waals surface area (Å²) in [5.74, 6) is -0.567. The number of carboxylic acid groups (broad SMARTS) is 1. The van der Waals surface area contributed by atoms with Gasteiger partial charge in [-0.25, -0.2) is 9.78 Å². The van der Waals surface area contributed by atoms with Crippen molar-refractivity contribution in [2.45, 2.75) is 19.3 Å². The molecule has 0 spiro atoms. The quantitative estimate of drug-likeness (QED) is 0.737. The van der Waals surface area contributed by atoms with Crippen LogP contribution in [0.25, 0.3) is 0 Å². The number of pyridine rings is 1. The Labute approximate surface area is 110 Å². The fourth-order valence-electron chi connectivity index (χ4n) is 1.91. The van der Waals surface area contributed by atoms with Crippen molar-refractivity contribution in [1.29, 1.82) is 0 Å². The van der Waals surface area contributed by atoms with Crippen LogP contribution in [0.4, 0.5) is 5.82 Å². The van der Waals surface area contributed by atoms with Crippen molar-refractivity contribution < 1.29 is 15.0 Å². The summed E-state index contributed by atoms with van der Waals surface area (Å²) < 4.78 is 0. The second-order valence-electron chi connectivity index (χ2n) is 4.68. The molecule has 1 aliphatic carbocycles. The van der Waals surface area contributed by atoms with Gasteiger partial charge in [0.15, 0.2) is 0 Å². The van der Waals surface area contributed by atoms with E-state index in [1.165, 1.54) is 12.3 Å². The van der Waals surface area contributed by atoms with Crippen molar-refractivity contribution in [3.63, 3.8) is 0 Å². The van der Waals surface area contributed by atoms with Crippen molar-refractivity contribution >= 4 is 23.4 Å². The molecule has 1 heterocycles. The average Bonchev–Trinajstić information content (AvgIpc) is 3.08. The van der Waals surface area contributed by atoms with Crippen LogP contribution in [-0.4, -0.2) is 34.3 Å². The van der Waals surface area contributed by atoms with Crippen LogP contribution < -0.4 is 5.32 Å². The highest BCUT2D eigenvalue weighted by atomic mass is 35.5. The Balaban J connectivity index is 2.02. The molecule has 0 amide bonds. The zero-order valence-corrected chi connectivity index (χ0v) is 10.6. The number of aromatic nitrogens is 1. The van der Waals surface area contributed by atoms with E-state index in [2.05, 4.69) is 10.3 Å². The standard InChI is InChI=1S/C12H15ClN2O3/c13-9-6-14-10(5-8(9)11(17)18)15-7-12(1-2-12)3-4-16/h5-6,16H,1-4,7H2,(H,14,15)(H,17,18). The predicted octanol–water partition coefficient (Wildman–Crippen LogP) is 2.01. The molecule has 1 aliphatic rings. The molecule has 98 valence electrons. The molecular formula is C12H15ClN2O3. The number of halogens is 1. The van der Waals surface area contributed by atoms with Gasteiger partial charge in [0, 0.05) is 19.3 Å². The van der Waals surface area contributed by atoms with Crippen molar-refractivity contribution in [2.75, 3.05) is 18.5 Å². The number of hydrogen-bond donors (Lipinski definition) is 3. The summed E-state index contributed by atoms with van der Waals surface area (Å²) in [4.78, 5) is 15.0. The van der Waals surface area contributed by atoms with Gasteiger partial charge in [0.25, 0.3) is 0 Å². The van der Waals surface area contributed by atoms with Gasteiger partial charge in [0.1, 0.15) is 5.82 Å². The molecule has 1 saturated carbocycles. The number of aliphatic hydroxyl groups is 1. The fourth-order valence-corrected chi connectivity index (χ4v) is 2.09. The molecule has 1 aromatic heterocycles. The Bertz CT molecular complexity index is 461. The number of carbonyl (C=O) groups is 1. The number of rotatable bonds is 6. The Kier molecular flexibility index (Phi) is 3.73. The van der Waals surface area contributed by atoms with E-state index in [1.807, 2.05) is 0 Å². The third-order valence-corrected chi connectivity index (χ3v) is 3.63. The first-order chi connectivity index (χ1) is 8.56. The lowest BCUT2D eigenvalue weighted by atomic mass is 10.0. The van der Waals surface area contributed by atoms with Gasteiger partial charge in [0.05, 0.1) is 10.6 Å². The number of nitrogens with one attached hydrogen (secondary N) is 1. The minimum Gasteiger partial charge on any atom is -0.478 e. The maximum Gasteiger partial charge on any atom is 0.337 e. The third-order valence-electron chi connectivity index (χ3n) is 3.33. The van der Waals surface area contributed by atoms with E-state index in [4.69, 9.17) is 21.8 Å². The minimum absolute atomic E-state index is 0.0428. The lowest BCUT2D eigenvalue weighted by molar-refractivity contribution is 0.0697. The first-order valence-corrected chi connectivity index (χ1v) is 6.18. The SMILES string of the molecule is O=C(O)c1cc(NCC2(CCO)CC2)ncc1Cl. The number of aromatic carboxylic acids is 1. The van der Waals surface area contributed by atoms with E-state index in [1.54, 1.807) is 0 Å². The third kappa shape index (κ3) is 2.91. The molecule has 6 heteroatoms. The van der Waals surface area contributed by atoms with E-state index < -0.39 is 5.97 Å². The molecule has 0 saturated heterocycles. The highest BCUT2D eigenvalue weighted by Crippen LogP contribution is 2.48. The monoisotopic (exact) mass is 270 g/mol. The first kappa shape index (κ1) is 13.1. The summed E-state index contributed by atoms with van der Waals surface area (Å²) in [5.41, 5.74) is 0.195. The van der Waals surface area contributed by atoms with Crippen LogP contribution in [0.1, 0.15) is 29.6 Å². The van der Waals surface area contributed by atoms with Crippen LogP contribution in [0.5, 0.6) is 0 Å². The van der Waals surface area contributed by atoms with Crippen LogP contribution in [0.2, 0.25) is 5.02 Å². The number of nitrogens with zero attached hydrogens (tertiary/aromatic N) is 1. The molecule has 0 atom stereocenters. The average molecular weight is 271 g/mol. The molecule has 2 rings (SSSR count). The molecule has 1 aromatic rings. The summed E-state index contributed by atoms with van der Waals surface area (Å²) >= 11 is 5.74. The van der Waals surface area contributed by atoms with Gasteiger partial charge in [-0.1, -0.05) is 11.6 Å². The molecule has 0 unspecified atom stereocenters. The van der Waals surface area contributed by atoms with E-state index in [-0.39, 0.29) is 22.6 Å². The lowest BCUT2D eigenvalue weighted by Crippen LogP contribution is -2.17. The number of carboxylic acids is 1. The second-order valence-corrected chi connectivity index (χ2v) is 5.09. The fraction of sp³-hybridized carbons (Fsp3) is 0.500. The summed E-state index contributed by atoms with van der Waals surface area (Å²) in [6.07, 6.45) is 4.26. The Morgan fingerprint density at radius 3 is 2.83 bits per heavy atom. The van der Waals surface area contributed by atoms with Gasteiger partial charge in [0.2, 0.25) is 0 Å². The van der Waals surface area contributed by atoms with Crippen molar-refractivity contribution in [2.24, 2.45) is 5.41 Å². The number of aliphatic hydroxyl groups excluding tert-OH is 1. The Hall–Kier alpha value is -1.33. The molecular weight excluding hydrogens is 256 g/mol. The molecule has 0 aliphatic heterocycles. The summed E-state index contributed by atoms with van der Waals surface area (Å²) in [6, 6.07) is 1.43. The molecule has 0 radical (unpaired) electrons. The van der Waals surface area contributed by atoms with E-state index in [9.17, 15) is 4.79 Å². The summed E-state index contributed by atoms with van der Waals surface area (Å²) in [5, 5.41) is 21.1. The van der Waals surface area contributed by atoms with E-state index >= 15 is 0 Å². The first-order valence-electron chi connectivity index (χ1n) is 5.80. The van der Waals surface area contributed by atoms with Crippen LogP contribution in [0, 0.1) is 5.41 Å². The van der Waals surface area contributed by atoms with Crippen molar-refractivity contribution in [3.05, 3.63) is 22.8 Å². The topological polar surface area (TPSA) is 82.5 Å². The zero-order valence-electron chi connectivity index (χ0n) is 9.82. The molecule has 0 aromatic carbocycles. The smallest absolute Gasteiger partial charge is 0.337 e. The van der Waals surface area contributed by atoms with Gasteiger partial charge in [-0.3, -0.25) is 0 Å². The number of hydrogen-bond acceptors (Lipinski definition) is 4. The van der Waals surface area contributed by atoms with Gasteiger partial charge in [-0.05, 0) is 30.7 Å². The maximum atomic E-state index is 10.9. The van der Waals surface area contributed by atoms with Gasteiger partial charge in [-0.15, -0.1) is 0 Å². The highest BCUT2D eigenvalue weighted by Gasteiger charge is 2.41. The largest absolute Gasteiger partial charge is 0.478 e. The van der Waals surface area contributed by atoms with E-state index in [0.29, 0.717) is 12.4 Å². The van der Waals surface area contributed by atoms with Crippen molar-refractivity contribution in [3.8, 4) is 0 Å². The minimum atomic E-state index is -1.07. The van der Waals surface area contributed by atoms with Crippen LogP contribution >= 0.6 is 11.6 Å². The predicted molar refractivity (Wildman–Crippen MR) is 68.1 cm³/mol. The van der Waals surface area contributed by atoms with Gasteiger partial charge < -0.3 is 15.5 Å². The molecule has 0 bridgehead atoms. The molecule has 5 nitrogen and oxygen atoms in total. The lowest BCUT2D eigenvalue weighted by Gasteiger charge is -2.15. The summed E-state index contributed by atoms with van der Waals surface area (Å²) in [6.45, 7) is 0.872. The zero-order chi connectivity index (χ0) is 13.2. The van der Waals surface area contributed by atoms with Gasteiger partial charge >= 0.3 is 5.97 Å². The Morgan fingerprint density at radius 1 is 1.56 bits per heavy atom. The van der Waals surface area contributed by atoms with Crippen LogP contribution in [-0.2, 0) is 0 Å². The van der Waals surface area contributed by atoms with E-state index in [0.717, 1.165) is 19.3 Å². The highest BCUT2D eigenvalue weighted by molar-refractivity contribution is 6.33. The maximum absolute atomic E-state index is 10.9. The molecule has 1 fully saturated rings. The molecule has 3 N–H and O–H groups in total. The Morgan fingerprint density at radius 2 is 2.28 bits per heavy atom. The number of anilines is 1. The van der Waals surface area contributed by atoms with Gasteiger partial charge in [-0.2, -0.15) is 0 Å². The van der Waals surface area contributed by atoms with Crippen LogP contribution in [0.15, 0.2) is 12.3 Å².